The molecule has 2 unspecified atom stereocenters. The highest BCUT2D eigenvalue weighted by atomic mass is 16.5. The van der Waals surface area contributed by atoms with Crippen LogP contribution in [0.2, 0.25) is 0 Å². The first-order chi connectivity index (χ1) is 9.60. The van der Waals surface area contributed by atoms with Crippen LogP contribution in [0.25, 0.3) is 0 Å². The van der Waals surface area contributed by atoms with Crippen LogP contribution in [0.3, 0.4) is 0 Å². The van der Waals surface area contributed by atoms with E-state index in [4.69, 9.17) is 10.5 Å². The fourth-order valence-electron chi connectivity index (χ4n) is 1.92. The summed E-state index contributed by atoms with van der Waals surface area (Å²) in [5.41, 5.74) is 6.89. The summed E-state index contributed by atoms with van der Waals surface area (Å²) in [6, 6.07) is 6.48. The van der Waals surface area contributed by atoms with E-state index in [1.54, 1.807) is 24.3 Å². The van der Waals surface area contributed by atoms with Crippen molar-refractivity contribution in [2.45, 2.75) is 6.04 Å². The lowest BCUT2D eigenvalue weighted by Crippen LogP contribution is -2.37. The Morgan fingerprint density at radius 3 is 2.60 bits per heavy atom. The lowest BCUT2D eigenvalue weighted by Gasteiger charge is -2.14. The SMILES string of the molecule is COC(=O)Nc1cccc(NC(=O)C2COCC2N)c1. The molecule has 2 atom stereocenters. The molecule has 0 aromatic heterocycles. The number of anilines is 2. The molecule has 1 aliphatic rings. The zero-order chi connectivity index (χ0) is 14.5. The Bertz CT molecular complexity index is 506. The van der Waals surface area contributed by atoms with Gasteiger partial charge in [-0.05, 0) is 18.2 Å². The predicted octanol–water partition coefficient (Wildman–Crippen LogP) is 0.777. The third-order valence-corrected chi connectivity index (χ3v) is 3.02. The molecule has 7 heteroatoms. The van der Waals surface area contributed by atoms with Crippen LogP contribution in [0, 0.1) is 5.92 Å². The van der Waals surface area contributed by atoms with Gasteiger partial charge >= 0.3 is 6.09 Å². The van der Waals surface area contributed by atoms with E-state index < -0.39 is 6.09 Å². The highest BCUT2D eigenvalue weighted by Gasteiger charge is 2.31. The maximum absolute atomic E-state index is 12.0. The van der Waals surface area contributed by atoms with Gasteiger partial charge in [0.2, 0.25) is 5.91 Å². The van der Waals surface area contributed by atoms with E-state index >= 15 is 0 Å². The van der Waals surface area contributed by atoms with Crippen LogP contribution in [-0.2, 0) is 14.3 Å². The molecule has 0 aliphatic carbocycles. The van der Waals surface area contributed by atoms with Crippen LogP contribution < -0.4 is 16.4 Å². The molecule has 20 heavy (non-hydrogen) atoms. The molecule has 1 fully saturated rings. The molecule has 1 aromatic rings. The minimum absolute atomic E-state index is 0.190. The fraction of sp³-hybridized carbons (Fsp3) is 0.385. The lowest BCUT2D eigenvalue weighted by atomic mass is 10.0. The van der Waals surface area contributed by atoms with Gasteiger partial charge in [-0.2, -0.15) is 0 Å². The van der Waals surface area contributed by atoms with E-state index in [1.165, 1.54) is 7.11 Å². The van der Waals surface area contributed by atoms with Crippen molar-refractivity contribution in [1.82, 2.24) is 0 Å². The summed E-state index contributed by atoms with van der Waals surface area (Å²) < 4.78 is 9.66. The van der Waals surface area contributed by atoms with Crippen LogP contribution in [0.4, 0.5) is 16.2 Å². The molecule has 0 spiro atoms. The van der Waals surface area contributed by atoms with Gasteiger partial charge < -0.3 is 20.5 Å². The molecule has 4 N–H and O–H groups in total. The first-order valence-corrected chi connectivity index (χ1v) is 6.19. The monoisotopic (exact) mass is 279 g/mol. The van der Waals surface area contributed by atoms with Gasteiger partial charge in [-0.15, -0.1) is 0 Å². The van der Waals surface area contributed by atoms with E-state index in [-0.39, 0.29) is 17.9 Å². The van der Waals surface area contributed by atoms with E-state index in [9.17, 15) is 9.59 Å². The van der Waals surface area contributed by atoms with Gasteiger partial charge in [0.1, 0.15) is 0 Å². The van der Waals surface area contributed by atoms with Crippen LogP contribution in [0.15, 0.2) is 24.3 Å². The second kappa shape index (κ2) is 6.36. The molecule has 1 saturated heterocycles. The zero-order valence-electron chi connectivity index (χ0n) is 11.1. The first-order valence-electron chi connectivity index (χ1n) is 6.19. The minimum atomic E-state index is -0.570. The van der Waals surface area contributed by atoms with Gasteiger partial charge in [0.15, 0.2) is 0 Å². The fourth-order valence-corrected chi connectivity index (χ4v) is 1.92. The van der Waals surface area contributed by atoms with Crippen molar-refractivity contribution in [3.05, 3.63) is 24.3 Å². The quantitative estimate of drug-likeness (QED) is 0.758. The molecule has 1 heterocycles. The maximum Gasteiger partial charge on any atom is 0.411 e. The normalized spacial score (nSPS) is 21.3. The van der Waals surface area contributed by atoms with E-state index in [2.05, 4.69) is 15.4 Å². The maximum atomic E-state index is 12.0. The Labute approximate surface area is 116 Å². The number of benzene rings is 1. The van der Waals surface area contributed by atoms with E-state index in [1.807, 2.05) is 0 Å². The van der Waals surface area contributed by atoms with Crippen molar-refractivity contribution in [1.29, 1.82) is 0 Å². The number of carbonyl (C=O) groups excluding carboxylic acids is 2. The van der Waals surface area contributed by atoms with Crippen LogP contribution in [-0.4, -0.2) is 38.4 Å². The summed E-state index contributed by atoms with van der Waals surface area (Å²) in [5, 5.41) is 5.28. The average molecular weight is 279 g/mol. The molecule has 1 aliphatic heterocycles. The lowest BCUT2D eigenvalue weighted by molar-refractivity contribution is -0.120. The predicted molar refractivity (Wildman–Crippen MR) is 73.4 cm³/mol. The molecule has 0 bridgehead atoms. The van der Waals surface area contributed by atoms with E-state index in [0.29, 0.717) is 24.6 Å². The topological polar surface area (TPSA) is 103 Å². The number of nitrogens with two attached hydrogens (primary N) is 1. The number of rotatable bonds is 3. The van der Waals surface area contributed by atoms with Gasteiger partial charge in [-0.1, -0.05) is 6.07 Å². The number of ether oxygens (including phenoxy) is 2. The number of amides is 2. The van der Waals surface area contributed by atoms with Crippen molar-refractivity contribution < 1.29 is 19.1 Å². The number of hydrogen-bond donors (Lipinski definition) is 3. The van der Waals surface area contributed by atoms with Gasteiger partial charge in [0.05, 0.1) is 26.2 Å². The number of methoxy groups -OCH3 is 1. The van der Waals surface area contributed by atoms with Crippen molar-refractivity contribution >= 4 is 23.4 Å². The number of hydrogen-bond acceptors (Lipinski definition) is 5. The average Bonchev–Trinajstić information content (AvgIpc) is 2.85. The Balaban J connectivity index is 2.00. The highest BCUT2D eigenvalue weighted by molar-refractivity contribution is 5.94. The Morgan fingerprint density at radius 2 is 2.00 bits per heavy atom. The Kier molecular flexibility index (Phi) is 4.54. The second-order valence-electron chi connectivity index (χ2n) is 4.49. The second-order valence-corrected chi connectivity index (χ2v) is 4.49. The van der Waals surface area contributed by atoms with Crippen molar-refractivity contribution in [2.75, 3.05) is 31.0 Å². The molecule has 7 nitrogen and oxygen atoms in total. The highest BCUT2D eigenvalue weighted by Crippen LogP contribution is 2.18. The van der Waals surface area contributed by atoms with Gasteiger partial charge in [-0.25, -0.2) is 4.79 Å². The Morgan fingerprint density at radius 1 is 1.30 bits per heavy atom. The standard InChI is InChI=1S/C13H17N3O4/c1-19-13(18)16-9-4-2-3-8(5-9)15-12(17)10-6-20-7-11(10)14/h2-5,10-11H,6-7,14H2,1H3,(H,15,17)(H,16,18). The van der Waals surface area contributed by atoms with Crippen LogP contribution in [0.1, 0.15) is 0 Å². The summed E-state index contributed by atoms with van der Waals surface area (Å²) in [6.45, 7) is 0.717. The van der Waals surface area contributed by atoms with E-state index in [0.717, 1.165) is 0 Å². The molecule has 2 amide bonds. The summed E-state index contributed by atoms with van der Waals surface area (Å²) in [5.74, 6) is -0.544. The van der Waals surface area contributed by atoms with Crippen molar-refractivity contribution in [3.63, 3.8) is 0 Å². The number of carbonyl (C=O) groups is 2. The number of nitrogens with one attached hydrogen (secondary N) is 2. The summed E-state index contributed by atoms with van der Waals surface area (Å²) >= 11 is 0. The zero-order valence-corrected chi connectivity index (χ0v) is 11.1. The van der Waals surface area contributed by atoms with Gasteiger partial charge in [0, 0.05) is 17.4 Å². The van der Waals surface area contributed by atoms with Crippen LogP contribution >= 0.6 is 0 Å². The van der Waals surface area contributed by atoms with Gasteiger partial charge in [0.25, 0.3) is 0 Å². The third kappa shape index (κ3) is 3.46. The molecule has 0 saturated carbocycles. The molecule has 108 valence electrons. The van der Waals surface area contributed by atoms with Crippen molar-refractivity contribution in [2.24, 2.45) is 11.7 Å². The van der Waals surface area contributed by atoms with Gasteiger partial charge in [-0.3, -0.25) is 10.1 Å². The molecule has 0 radical (unpaired) electrons. The summed E-state index contributed by atoms with van der Waals surface area (Å²) in [6.07, 6.45) is -0.570. The molecule has 2 rings (SSSR count). The molecular weight excluding hydrogens is 262 g/mol. The first kappa shape index (κ1) is 14.3. The summed E-state index contributed by atoms with van der Waals surface area (Å²) in [7, 11) is 1.28. The minimum Gasteiger partial charge on any atom is -0.453 e. The largest absolute Gasteiger partial charge is 0.453 e. The smallest absolute Gasteiger partial charge is 0.411 e. The molecular formula is C13H17N3O4. The summed E-state index contributed by atoms with van der Waals surface area (Å²) in [4.78, 5) is 23.1. The van der Waals surface area contributed by atoms with Crippen LogP contribution in [0.5, 0.6) is 0 Å². The van der Waals surface area contributed by atoms with Crippen molar-refractivity contribution in [3.8, 4) is 0 Å². The Hall–Kier alpha value is -2.12. The molecule has 1 aromatic carbocycles. The third-order valence-electron chi connectivity index (χ3n) is 3.02.